The second-order valence-corrected chi connectivity index (χ2v) is 5.87. The largest absolute Gasteiger partial charge is 0.598 e. The van der Waals surface area contributed by atoms with E-state index in [1.807, 2.05) is 0 Å². The average molecular weight is 484 g/mol. The fraction of sp³-hybridized carbons (Fsp3) is 1.00. The van der Waals surface area contributed by atoms with Crippen molar-refractivity contribution in [1.29, 1.82) is 0 Å². The van der Waals surface area contributed by atoms with Gasteiger partial charge in [0.1, 0.15) is 0 Å². The zero-order valence-electron chi connectivity index (χ0n) is 15.3. The first-order valence-corrected chi connectivity index (χ1v) is 9.55. The predicted molar refractivity (Wildman–Crippen MR) is 88.4 cm³/mol. The Kier molecular flexibility index (Phi) is 39.1. The Morgan fingerprint density at radius 1 is 0.826 bits per heavy atom. The second kappa shape index (κ2) is 28.1. The van der Waals surface area contributed by atoms with Crippen LogP contribution in [0.3, 0.4) is 0 Å². The molecule has 0 amide bonds. The van der Waals surface area contributed by atoms with Gasteiger partial charge in [-0.3, -0.25) is 0 Å². The molecule has 23 heavy (non-hydrogen) atoms. The first-order chi connectivity index (χ1) is 10.4. The van der Waals surface area contributed by atoms with E-state index in [0.29, 0.717) is 25.0 Å². The van der Waals surface area contributed by atoms with Gasteiger partial charge >= 0.3 is 0 Å². The summed E-state index contributed by atoms with van der Waals surface area (Å²) < 4.78 is 8.48. The molecule has 0 aromatic rings. The van der Waals surface area contributed by atoms with E-state index in [2.05, 4.69) is 27.7 Å². The molecule has 2 N–H and O–H groups in total. The quantitative estimate of drug-likeness (QED) is 0.465. The van der Waals surface area contributed by atoms with Crippen LogP contribution in [-0.4, -0.2) is 23.4 Å². The summed E-state index contributed by atoms with van der Waals surface area (Å²) in [6, 6.07) is 0. The third-order valence-electron chi connectivity index (χ3n) is 3.60. The minimum absolute atomic E-state index is 0. The van der Waals surface area contributed by atoms with Crippen molar-refractivity contribution in [3.05, 3.63) is 0 Å². The van der Waals surface area contributed by atoms with Crippen LogP contribution in [0.4, 0.5) is 0 Å². The van der Waals surface area contributed by atoms with Crippen molar-refractivity contribution < 1.29 is 65.4 Å². The minimum Gasteiger partial charge on any atom is -0.598 e. The number of hydrogen-bond acceptors (Lipinski definition) is 5. The van der Waals surface area contributed by atoms with Gasteiger partial charge in [0.2, 0.25) is 0 Å². The molecule has 0 aliphatic rings. The molecule has 2 atom stereocenters. The van der Waals surface area contributed by atoms with E-state index in [4.69, 9.17) is 24.6 Å². The van der Waals surface area contributed by atoms with E-state index >= 15 is 0 Å². The van der Waals surface area contributed by atoms with E-state index in [9.17, 15) is 0 Å². The van der Waals surface area contributed by atoms with Gasteiger partial charge < -0.3 is 20.0 Å². The van der Waals surface area contributed by atoms with Gasteiger partial charge in [0, 0.05) is 54.1 Å². The summed E-state index contributed by atoms with van der Waals surface area (Å²) in [7, 11) is -3.37. The average Bonchev–Trinajstić information content (AvgIpc) is 2.50. The van der Waals surface area contributed by atoms with E-state index in [0.717, 1.165) is 12.8 Å². The van der Waals surface area contributed by atoms with E-state index in [1.54, 1.807) is 0 Å². The van der Waals surface area contributed by atoms with Gasteiger partial charge in [-0.2, -0.15) is 0 Å². The number of aliphatic hydroxyl groups excluding tert-OH is 2. The van der Waals surface area contributed by atoms with Crippen molar-refractivity contribution in [1.82, 2.24) is 0 Å². The number of aliphatic hydroxyl groups is 2. The predicted octanol–water partition coefficient (Wildman–Crippen LogP) is 2.75. The van der Waals surface area contributed by atoms with Crippen LogP contribution in [0.5, 0.6) is 0 Å². The van der Waals surface area contributed by atoms with Crippen LogP contribution in [0.2, 0.25) is 0 Å². The maximum Gasteiger partial charge on any atom is 0.276 e. The molecule has 140 valence electrons. The molecular formula is C16H36NdO5P-. The molecule has 0 aromatic heterocycles. The fourth-order valence-electron chi connectivity index (χ4n) is 1.83. The number of unbranched alkanes of at least 4 members (excludes halogenated alkanes) is 2. The molecule has 0 aromatic carbocycles. The van der Waals surface area contributed by atoms with Gasteiger partial charge in [-0.1, -0.05) is 70.8 Å². The molecule has 0 aliphatic carbocycles. The SMILES string of the molecule is CCCCC(CC)CO.CCCCC(CC)CO.O=[P+]([O-])[O-].[Nd]. The first-order valence-electron chi connectivity index (χ1n) is 8.46. The van der Waals surface area contributed by atoms with Crippen LogP contribution in [0, 0.1) is 52.7 Å². The summed E-state index contributed by atoms with van der Waals surface area (Å²) in [6.07, 6.45) is 9.66. The molecule has 0 spiro atoms. The Morgan fingerprint density at radius 2 is 1.09 bits per heavy atom. The topological polar surface area (TPSA) is 104 Å². The molecular weight excluding hydrogens is 447 g/mol. The standard InChI is InChI=1S/2C8H18O.Nd.HO3P/c2*1-3-5-6-8(4-2)7-9;;1-4(2)3/h2*8-9H,3-7H2,1-2H3;;(H,1,2,3)/p-1. The molecule has 0 fully saturated rings. The van der Waals surface area contributed by atoms with Gasteiger partial charge in [-0.25, -0.2) is 0 Å². The fourth-order valence-corrected chi connectivity index (χ4v) is 1.83. The van der Waals surface area contributed by atoms with Gasteiger partial charge in [0.25, 0.3) is 8.25 Å². The summed E-state index contributed by atoms with van der Waals surface area (Å²) in [5.74, 6) is 1.12. The van der Waals surface area contributed by atoms with Crippen molar-refractivity contribution in [2.24, 2.45) is 11.8 Å². The van der Waals surface area contributed by atoms with Gasteiger partial charge in [0.05, 0.1) is 0 Å². The van der Waals surface area contributed by atoms with Gasteiger partial charge in [-0.05, 0) is 24.7 Å². The van der Waals surface area contributed by atoms with E-state index in [1.165, 1.54) is 38.5 Å². The van der Waals surface area contributed by atoms with Crippen LogP contribution in [0.1, 0.15) is 79.1 Å². The summed E-state index contributed by atoms with van der Waals surface area (Å²) in [4.78, 5) is 17.0. The van der Waals surface area contributed by atoms with Crippen molar-refractivity contribution in [2.75, 3.05) is 13.2 Å². The third-order valence-corrected chi connectivity index (χ3v) is 3.60. The molecule has 0 bridgehead atoms. The summed E-state index contributed by atoms with van der Waals surface area (Å²) in [6.45, 7) is 9.38. The molecule has 0 saturated carbocycles. The number of rotatable bonds is 10. The Morgan fingerprint density at radius 3 is 1.22 bits per heavy atom. The van der Waals surface area contributed by atoms with Crippen LogP contribution >= 0.6 is 8.25 Å². The Balaban J connectivity index is -0.000000124. The van der Waals surface area contributed by atoms with Crippen LogP contribution in [-0.2, 0) is 4.57 Å². The number of hydrogen-bond donors (Lipinski definition) is 2. The van der Waals surface area contributed by atoms with Crippen molar-refractivity contribution >= 4 is 8.25 Å². The maximum absolute atomic E-state index is 8.75. The summed E-state index contributed by atoms with van der Waals surface area (Å²) in [5.41, 5.74) is 0. The van der Waals surface area contributed by atoms with Crippen molar-refractivity contribution in [2.45, 2.75) is 79.1 Å². The molecule has 0 heterocycles. The summed E-state index contributed by atoms with van der Waals surface area (Å²) in [5, 5.41) is 17.5. The Labute approximate surface area is 176 Å². The zero-order chi connectivity index (χ0) is 17.8. The van der Waals surface area contributed by atoms with Gasteiger partial charge in [0.15, 0.2) is 0 Å². The van der Waals surface area contributed by atoms with Crippen molar-refractivity contribution in [3.63, 3.8) is 0 Å². The molecule has 0 saturated heterocycles. The summed E-state index contributed by atoms with van der Waals surface area (Å²) >= 11 is 0. The second-order valence-electron chi connectivity index (χ2n) is 5.42. The molecule has 0 aliphatic heterocycles. The maximum atomic E-state index is 8.75. The molecule has 7 heteroatoms. The van der Waals surface area contributed by atoms with Crippen LogP contribution in [0.25, 0.3) is 0 Å². The third kappa shape index (κ3) is 35.3. The normalized spacial score (nSPS) is 11.8. The molecule has 0 radical (unpaired) electrons. The molecule has 2 unspecified atom stereocenters. The van der Waals surface area contributed by atoms with Crippen LogP contribution in [0.15, 0.2) is 0 Å². The minimum atomic E-state index is -3.37. The van der Waals surface area contributed by atoms with E-state index < -0.39 is 8.25 Å². The molecule has 5 nitrogen and oxygen atoms in total. The Bertz CT molecular complexity index is 193. The van der Waals surface area contributed by atoms with Crippen LogP contribution < -0.4 is 9.79 Å². The first kappa shape index (κ1) is 32.0. The monoisotopic (exact) mass is 481 g/mol. The zero-order valence-corrected chi connectivity index (χ0v) is 19.4. The smallest absolute Gasteiger partial charge is 0.276 e. The van der Waals surface area contributed by atoms with E-state index in [-0.39, 0.29) is 40.8 Å². The van der Waals surface area contributed by atoms with Gasteiger partial charge in [-0.15, -0.1) is 0 Å². The van der Waals surface area contributed by atoms with Crippen molar-refractivity contribution in [3.8, 4) is 0 Å². The molecule has 0 rings (SSSR count). The Hall–Kier alpha value is 1.29.